The third kappa shape index (κ3) is 4.39. The van der Waals surface area contributed by atoms with Crippen LogP contribution in [0.5, 0.6) is 0 Å². The standard InChI is InChI=1S/C22H22FN5O/c1-15(29)28-13-10-18-20(14-28)26-22(19-4-2-3-11-24-19)27-21(18)25-12-9-16-5-7-17(23)8-6-16/h2-8,11H,9-10,12-14H2,1H3,(H,25,26,27). The Kier molecular flexibility index (Phi) is 5.46. The second-order valence-corrected chi connectivity index (χ2v) is 7.03. The van der Waals surface area contributed by atoms with E-state index in [0.29, 0.717) is 37.6 Å². The van der Waals surface area contributed by atoms with Gasteiger partial charge in [0.05, 0.1) is 12.2 Å². The minimum atomic E-state index is -0.235. The van der Waals surface area contributed by atoms with Crippen molar-refractivity contribution in [2.75, 3.05) is 18.4 Å². The van der Waals surface area contributed by atoms with E-state index >= 15 is 0 Å². The predicted octanol–water partition coefficient (Wildman–Crippen LogP) is 3.24. The van der Waals surface area contributed by atoms with Crippen molar-refractivity contribution in [1.82, 2.24) is 19.9 Å². The number of anilines is 1. The maximum Gasteiger partial charge on any atom is 0.219 e. The van der Waals surface area contributed by atoms with E-state index in [4.69, 9.17) is 9.97 Å². The van der Waals surface area contributed by atoms with Crippen LogP contribution >= 0.6 is 0 Å². The molecule has 1 aromatic carbocycles. The zero-order valence-corrected chi connectivity index (χ0v) is 16.2. The first-order chi connectivity index (χ1) is 14.1. The summed E-state index contributed by atoms with van der Waals surface area (Å²) in [5.74, 6) is 1.13. The van der Waals surface area contributed by atoms with Gasteiger partial charge in [-0.15, -0.1) is 0 Å². The number of halogens is 1. The molecule has 1 N–H and O–H groups in total. The molecule has 1 aliphatic rings. The molecule has 29 heavy (non-hydrogen) atoms. The van der Waals surface area contributed by atoms with E-state index in [2.05, 4.69) is 10.3 Å². The first-order valence-electron chi connectivity index (χ1n) is 9.65. The molecule has 0 atom stereocenters. The van der Waals surface area contributed by atoms with Crippen LogP contribution in [0.25, 0.3) is 11.5 Å². The monoisotopic (exact) mass is 391 g/mol. The zero-order chi connectivity index (χ0) is 20.2. The maximum absolute atomic E-state index is 13.1. The summed E-state index contributed by atoms with van der Waals surface area (Å²) in [5.41, 5.74) is 3.64. The predicted molar refractivity (Wildman–Crippen MR) is 109 cm³/mol. The molecule has 0 saturated carbocycles. The third-order valence-corrected chi connectivity index (χ3v) is 5.02. The van der Waals surface area contributed by atoms with E-state index in [9.17, 15) is 9.18 Å². The van der Waals surface area contributed by atoms with Crippen LogP contribution in [0.4, 0.5) is 10.2 Å². The van der Waals surface area contributed by atoms with Crippen LogP contribution in [0.2, 0.25) is 0 Å². The lowest BCUT2D eigenvalue weighted by Crippen LogP contribution is -2.35. The van der Waals surface area contributed by atoms with Crippen LogP contribution in [0, 0.1) is 5.82 Å². The largest absolute Gasteiger partial charge is 0.369 e. The van der Waals surface area contributed by atoms with Gasteiger partial charge in [-0.2, -0.15) is 0 Å². The third-order valence-electron chi connectivity index (χ3n) is 5.02. The summed E-state index contributed by atoms with van der Waals surface area (Å²) in [6.07, 6.45) is 3.16. The number of pyridine rings is 1. The minimum absolute atomic E-state index is 0.0412. The van der Waals surface area contributed by atoms with Crippen molar-refractivity contribution in [1.29, 1.82) is 0 Å². The smallest absolute Gasteiger partial charge is 0.219 e. The fourth-order valence-corrected chi connectivity index (χ4v) is 3.43. The number of benzene rings is 1. The van der Waals surface area contributed by atoms with Crippen LogP contribution in [0.1, 0.15) is 23.7 Å². The van der Waals surface area contributed by atoms with Gasteiger partial charge in [-0.05, 0) is 42.7 Å². The summed E-state index contributed by atoms with van der Waals surface area (Å²) in [7, 11) is 0. The molecular formula is C22H22FN5O. The zero-order valence-electron chi connectivity index (χ0n) is 16.2. The van der Waals surface area contributed by atoms with Gasteiger partial charge in [0.2, 0.25) is 5.91 Å². The van der Waals surface area contributed by atoms with Crippen LogP contribution in [-0.2, 0) is 24.2 Å². The highest BCUT2D eigenvalue weighted by Gasteiger charge is 2.24. The number of hydrogen-bond acceptors (Lipinski definition) is 5. The SMILES string of the molecule is CC(=O)N1CCc2c(nc(-c3ccccn3)nc2NCCc2ccc(F)cc2)C1. The van der Waals surface area contributed by atoms with Crippen LogP contribution < -0.4 is 5.32 Å². The molecule has 148 valence electrons. The van der Waals surface area contributed by atoms with E-state index in [-0.39, 0.29) is 11.7 Å². The van der Waals surface area contributed by atoms with Gasteiger partial charge >= 0.3 is 0 Å². The minimum Gasteiger partial charge on any atom is -0.369 e. The number of nitrogens with one attached hydrogen (secondary N) is 1. The molecule has 0 spiro atoms. The van der Waals surface area contributed by atoms with E-state index in [0.717, 1.165) is 29.1 Å². The van der Waals surface area contributed by atoms with Gasteiger partial charge in [-0.1, -0.05) is 18.2 Å². The fraction of sp³-hybridized carbons (Fsp3) is 0.273. The van der Waals surface area contributed by atoms with Crippen LogP contribution in [0.3, 0.4) is 0 Å². The molecule has 0 bridgehead atoms. The summed E-state index contributed by atoms with van der Waals surface area (Å²) >= 11 is 0. The lowest BCUT2D eigenvalue weighted by atomic mass is 10.0. The van der Waals surface area contributed by atoms with Gasteiger partial charge < -0.3 is 10.2 Å². The van der Waals surface area contributed by atoms with E-state index < -0.39 is 0 Å². The normalized spacial score (nSPS) is 13.1. The Labute approximate surface area is 168 Å². The quantitative estimate of drug-likeness (QED) is 0.723. The molecule has 0 saturated heterocycles. The number of hydrogen-bond donors (Lipinski definition) is 1. The first kappa shape index (κ1) is 19.0. The summed E-state index contributed by atoms with van der Waals surface area (Å²) < 4.78 is 13.1. The highest BCUT2D eigenvalue weighted by Crippen LogP contribution is 2.26. The Bertz CT molecular complexity index is 1010. The summed E-state index contributed by atoms with van der Waals surface area (Å²) in [5, 5.41) is 3.41. The molecule has 6 nitrogen and oxygen atoms in total. The summed E-state index contributed by atoms with van der Waals surface area (Å²) in [4.78, 5) is 27.4. The Balaban J connectivity index is 1.60. The number of nitrogens with zero attached hydrogens (tertiary/aromatic N) is 4. The second-order valence-electron chi connectivity index (χ2n) is 7.03. The van der Waals surface area contributed by atoms with Crippen molar-refractivity contribution in [3.05, 3.63) is 71.3 Å². The molecule has 2 aromatic heterocycles. The Hall–Kier alpha value is -3.35. The van der Waals surface area contributed by atoms with E-state index in [1.807, 2.05) is 18.2 Å². The summed E-state index contributed by atoms with van der Waals surface area (Å²) in [6, 6.07) is 12.1. The van der Waals surface area contributed by atoms with Gasteiger partial charge in [0.25, 0.3) is 0 Å². The first-order valence-corrected chi connectivity index (χ1v) is 9.65. The van der Waals surface area contributed by atoms with Gasteiger partial charge in [0.15, 0.2) is 5.82 Å². The molecule has 7 heteroatoms. The van der Waals surface area contributed by atoms with Gasteiger partial charge in [-0.3, -0.25) is 9.78 Å². The molecular weight excluding hydrogens is 369 g/mol. The number of carbonyl (C=O) groups is 1. The van der Waals surface area contributed by atoms with Crippen LogP contribution in [0.15, 0.2) is 48.7 Å². The molecule has 4 rings (SSSR count). The van der Waals surface area contributed by atoms with Crippen molar-refractivity contribution in [3.63, 3.8) is 0 Å². The van der Waals surface area contributed by atoms with Crippen LogP contribution in [-0.4, -0.2) is 38.8 Å². The molecule has 0 aliphatic carbocycles. The highest BCUT2D eigenvalue weighted by molar-refractivity contribution is 5.74. The Morgan fingerprint density at radius 2 is 2.00 bits per heavy atom. The van der Waals surface area contributed by atoms with Gasteiger partial charge in [0.1, 0.15) is 17.3 Å². The number of rotatable bonds is 5. The Morgan fingerprint density at radius 3 is 2.72 bits per heavy atom. The molecule has 1 aliphatic heterocycles. The highest BCUT2D eigenvalue weighted by atomic mass is 19.1. The van der Waals surface area contributed by atoms with Crippen molar-refractivity contribution < 1.29 is 9.18 Å². The lowest BCUT2D eigenvalue weighted by Gasteiger charge is -2.28. The van der Waals surface area contributed by atoms with Gasteiger partial charge in [0, 0.05) is 31.8 Å². The van der Waals surface area contributed by atoms with Gasteiger partial charge in [-0.25, -0.2) is 14.4 Å². The molecule has 0 unspecified atom stereocenters. The molecule has 0 fully saturated rings. The number of fused-ring (bicyclic) bond motifs is 1. The molecule has 3 heterocycles. The lowest BCUT2D eigenvalue weighted by molar-refractivity contribution is -0.129. The van der Waals surface area contributed by atoms with Crippen molar-refractivity contribution in [3.8, 4) is 11.5 Å². The topological polar surface area (TPSA) is 71.0 Å². The maximum atomic E-state index is 13.1. The Morgan fingerprint density at radius 1 is 1.17 bits per heavy atom. The van der Waals surface area contributed by atoms with Crippen molar-refractivity contribution >= 4 is 11.7 Å². The fourth-order valence-electron chi connectivity index (χ4n) is 3.43. The molecule has 3 aromatic rings. The summed E-state index contributed by atoms with van der Waals surface area (Å²) in [6.45, 7) is 3.36. The second kappa shape index (κ2) is 8.34. The number of amides is 1. The average molecular weight is 391 g/mol. The van der Waals surface area contributed by atoms with E-state index in [1.165, 1.54) is 12.1 Å². The van der Waals surface area contributed by atoms with Crippen molar-refractivity contribution in [2.24, 2.45) is 0 Å². The molecule has 0 radical (unpaired) electrons. The van der Waals surface area contributed by atoms with E-state index in [1.54, 1.807) is 30.2 Å². The number of carbonyl (C=O) groups excluding carboxylic acids is 1. The van der Waals surface area contributed by atoms with Crippen molar-refractivity contribution in [2.45, 2.75) is 26.3 Å². The number of aromatic nitrogens is 3. The molecule has 1 amide bonds. The average Bonchev–Trinajstić information content (AvgIpc) is 2.75.